The standard InChI is InChI=1S/C13H17N3O3/c1-13(2)12(19)15(3)6-7-16(13)9-4-5-10(11(17)18)14-8-9/h4-5,8H,6-7H2,1-3H3,(H,17,18). The van der Waals surface area contributed by atoms with Gasteiger partial charge in [0.2, 0.25) is 5.91 Å². The van der Waals surface area contributed by atoms with Gasteiger partial charge in [0.1, 0.15) is 11.2 Å². The topological polar surface area (TPSA) is 73.7 Å². The van der Waals surface area contributed by atoms with Crippen molar-refractivity contribution in [2.45, 2.75) is 19.4 Å². The molecule has 1 saturated heterocycles. The minimum Gasteiger partial charge on any atom is -0.477 e. The van der Waals surface area contributed by atoms with E-state index in [0.717, 1.165) is 5.69 Å². The van der Waals surface area contributed by atoms with Crippen molar-refractivity contribution >= 4 is 17.6 Å². The number of carboxylic acids is 1. The van der Waals surface area contributed by atoms with Gasteiger partial charge >= 0.3 is 5.97 Å². The first-order valence-corrected chi connectivity index (χ1v) is 6.06. The molecule has 102 valence electrons. The average molecular weight is 263 g/mol. The lowest BCUT2D eigenvalue weighted by atomic mass is 9.97. The number of rotatable bonds is 2. The van der Waals surface area contributed by atoms with E-state index in [-0.39, 0.29) is 11.6 Å². The van der Waals surface area contributed by atoms with Gasteiger partial charge in [-0.05, 0) is 26.0 Å². The Kier molecular flexibility index (Phi) is 3.18. The second-order valence-electron chi connectivity index (χ2n) is 5.14. The molecule has 6 nitrogen and oxygen atoms in total. The normalized spacial score (nSPS) is 18.6. The molecule has 6 heteroatoms. The van der Waals surface area contributed by atoms with E-state index < -0.39 is 11.5 Å². The van der Waals surface area contributed by atoms with Gasteiger partial charge in [0, 0.05) is 20.1 Å². The summed E-state index contributed by atoms with van der Waals surface area (Å²) in [6.45, 7) is 5.05. The van der Waals surface area contributed by atoms with E-state index >= 15 is 0 Å². The molecule has 0 aliphatic carbocycles. The van der Waals surface area contributed by atoms with Crippen LogP contribution in [-0.4, -0.2) is 52.5 Å². The second kappa shape index (κ2) is 4.53. The van der Waals surface area contributed by atoms with E-state index in [2.05, 4.69) is 4.98 Å². The van der Waals surface area contributed by atoms with Gasteiger partial charge in [-0.2, -0.15) is 0 Å². The van der Waals surface area contributed by atoms with Crippen molar-refractivity contribution in [2.75, 3.05) is 25.0 Å². The molecule has 0 spiro atoms. The number of carbonyl (C=O) groups is 2. The summed E-state index contributed by atoms with van der Waals surface area (Å²) in [4.78, 5) is 30.5. The van der Waals surface area contributed by atoms with Gasteiger partial charge in [-0.1, -0.05) is 0 Å². The van der Waals surface area contributed by atoms with Gasteiger partial charge in [0.15, 0.2) is 0 Å². The molecule has 19 heavy (non-hydrogen) atoms. The summed E-state index contributed by atoms with van der Waals surface area (Å²) in [7, 11) is 1.78. The Labute approximate surface area is 111 Å². The minimum atomic E-state index is -1.06. The third kappa shape index (κ3) is 2.25. The second-order valence-corrected chi connectivity index (χ2v) is 5.14. The molecule has 1 aromatic heterocycles. The highest BCUT2D eigenvalue weighted by Crippen LogP contribution is 2.27. The summed E-state index contributed by atoms with van der Waals surface area (Å²) >= 11 is 0. The zero-order chi connectivity index (χ0) is 14.2. The molecule has 1 aliphatic heterocycles. The summed E-state index contributed by atoms with van der Waals surface area (Å²) in [6, 6.07) is 3.15. The van der Waals surface area contributed by atoms with Crippen LogP contribution in [0.1, 0.15) is 24.3 Å². The van der Waals surface area contributed by atoms with Crippen LogP contribution >= 0.6 is 0 Å². The van der Waals surface area contributed by atoms with Gasteiger partial charge in [-0.25, -0.2) is 9.78 Å². The van der Waals surface area contributed by atoms with Crippen LogP contribution in [0.3, 0.4) is 0 Å². The number of pyridine rings is 1. The molecule has 1 N–H and O–H groups in total. The first kappa shape index (κ1) is 13.3. The molecule has 2 heterocycles. The highest BCUT2D eigenvalue weighted by Gasteiger charge is 2.40. The van der Waals surface area contributed by atoms with Gasteiger partial charge in [-0.15, -0.1) is 0 Å². The van der Waals surface area contributed by atoms with Crippen LogP contribution in [0.4, 0.5) is 5.69 Å². The van der Waals surface area contributed by atoms with E-state index in [1.165, 1.54) is 12.3 Å². The predicted molar refractivity (Wildman–Crippen MR) is 70.3 cm³/mol. The lowest BCUT2D eigenvalue weighted by molar-refractivity contribution is -0.136. The maximum Gasteiger partial charge on any atom is 0.354 e. The van der Waals surface area contributed by atoms with Crippen LogP contribution in [0.15, 0.2) is 18.3 Å². The Morgan fingerprint density at radius 1 is 1.37 bits per heavy atom. The van der Waals surface area contributed by atoms with Gasteiger partial charge in [-0.3, -0.25) is 4.79 Å². The van der Waals surface area contributed by atoms with Crippen molar-refractivity contribution in [3.8, 4) is 0 Å². The summed E-state index contributed by atoms with van der Waals surface area (Å²) in [6.07, 6.45) is 1.50. The highest BCUT2D eigenvalue weighted by molar-refractivity contribution is 5.90. The molecule has 1 aliphatic rings. The van der Waals surface area contributed by atoms with Gasteiger partial charge in [0.05, 0.1) is 11.9 Å². The summed E-state index contributed by atoms with van der Waals surface area (Å²) in [5.41, 5.74) is 0.109. The van der Waals surface area contributed by atoms with Crippen LogP contribution in [0, 0.1) is 0 Å². The number of amides is 1. The van der Waals surface area contributed by atoms with Crippen LogP contribution in [0.2, 0.25) is 0 Å². The molecule has 1 fully saturated rings. The fraction of sp³-hybridized carbons (Fsp3) is 0.462. The number of anilines is 1. The highest BCUT2D eigenvalue weighted by atomic mass is 16.4. The van der Waals surface area contributed by atoms with Crippen molar-refractivity contribution in [1.82, 2.24) is 9.88 Å². The zero-order valence-electron chi connectivity index (χ0n) is 11.3. The summed E-state index contributed by atoms with van der Waals surface area (Å²) in [5.74, 6) is -1.01. The maximum absolute atomic E-state index is 12.2. The van der Waals surface area contributed by atoms with Crippen LogP contribution in [0.5, 0.6) is 0 Å². The number of piperazine rings is 1. The number of aromatic nitrogens is 1. The fourth-order valence-corrected chi connectivity index (χ4v) is 2.34. The van der Waals surface area contributed by atoms with Crippen molar-refractivity contribution in [3.63, 3.8) is 0 Å². The van der Waals surface area contributed by atoms with Crippen molar-refractivity contribution < 1.29 is 14.7 Å². The fourth-order valence-electron chi connectivity index (χ4n) is 2.34. The molecular weight excluding hydrogens is 246 g/mol. The van der Waals surface area contributed by atoms with E-state index in [1.807, 2.05) is 18.7 Å². The minimum absolute atomic E-state index is 0.00186. The lowest BCUT2D eigenvalue weighted by Gasteiger charge is -2.46. The van der Waals surface area contributed by atoms with Crippen LogP contribution in [-0.2, 0) is 4.79 Å². The molecule has 0 bridgehead atoms. The number of carboxylic acid groups (broad SMARTS) is 1. The third-order valence-corrected chi connectivity index (χ3v) is 3.48. The maximum atomic E-state index is 12.2. The number of hydrogen-bond acceptors (Lipinski definition) is 4. The Balaban J connectivity index is 2.31. The first-order valence-electron chi connectivity index (χ1n) is 6.06. The Morgan fingerprint density at radius 2 is 2.05 bits per heavy atom. The molecule has 0 radical (unpaired) electrons. The first-order chi connectivity index (χ1) is 8.84. The molecule has 0 saturated carbocycles. The molecule has 0 atom stereocenters. The molecule has 1 amide bonds. The number of nitrogens with zero attached hydrogens (tertiary/aromatic N) is 3. The predicted octanol–water partition coefficient (Wildman–Crippen LogP) is 0.837. The third-order valence-electron chi connectivity index (χ3n) is 3.48. The van der Waals surface area contributed by atoms with Gasteiger partial charge in [0.25, 0.3) is 0 Å². The quantitative estimate of drug-likeness (QED) is 0.855. The Bertz CT molecular complexity index is 510. The molecule has 0 aromatic carbocycles. The number of carbonyl (C=O) groups excluding carboxylic acids is 1. The number of hydrogen-bond donors (Lipinski definition) is 1. The molecular formula is C13H17N3O3. The van der Waals surface area contributed by atoms with Crippen LogP contribution < -0.4 is 4.90 Å². The number of likely N-dealkylation sites (N-methyl/N-ethyl adjacent to an activating group) is 1. The average Bonchev–Trinajstić information content (AvgIpc) is 2.36. The molecule has 2 rings (SSSR count). The van der Waals surface area contributed by atoms with E-state index in [0.29, 0.717) is 13.1 Å². The Morgan fingerprint density at radius 3 is 2.58 bits per heavy atom. The van der Waals surface area contributed by atoms with Crippen molar-refractivity contribution in [2.24, 2.45) is 0 Å². The lowest BCUT2D eigenvalue weighted by Crippen LogP contribution is -2.62. The summed E-state index contributed by atoms with van der Waals surface area (Å²) < 4.78 is 0. The molecule has 0 unspecified atom stereocenters. The SMILES string of the molecule is CN1CCN(c2ccc(C(=O)O)nc2)C(C)(C)C1=O. The van der Waals surface area contributed by atoms with Gasteiger partial charge < -0.3 is 14.9 Å². The molecule has 1 aromatic rings. The Hall–Kier alpha value is -2.11. The largest absolute Gasteiger partial charge is 0.477 e. The van der Waals surface area contributed by atoms with E-state index in [9.17, 15) is 9.59 Å². The zero-order valence-corrected chi connectivity index (χ0v) is 11.3. The van der Waals surface area contributed by atoms with Crippen LogP contribution in [0.25, 0.3) is 0 Å². The van der Waals surface area contributed by atoms with Crippen molar-refractivity contribution in [3.05, 3.63) is 24.0 Å². The monoisotopic (exact) mass is 263 g/mol. The smallest absolute Gasteiger partial charge is 0.354 e. The van der Waals surface area contributed by atoms with E-state index in [1.54, 1.807) is 18.0 Å². The summed E-state index contributed by atoms with van der Waals surface area (Å²) in [5, 5.41) is 8.83. The number of aromatic carboxylic acids is 1. The van der Waals surface area contributed by atoms with E-state index in [4.69, 9.17) is 5.11 Å². The van der Waals surface area contributed by atoms with Crippen molar-refractivity contribution in [1.29, 1.82) is 0 Å².